The second kappa shape index (κ2) is 7.17. The highest BCUT2D eigenvalue weighted by Crippen LogP contribution is 2.30. The van der Waals surface area contributed by atoms with Crippen LogP contribution < -0.4 is 5.32 Å². The molecule has 1 heterocycles. The van der Waals surface area contributed by atoms with Gasteiger partial charge >= 0.3 is 0 Å². The maximum absolute atomic E-state index is 5.99. The van der Waals surface area contributed by atoms with Crippen molar-refractivity contribution in [1.29, 1.82) is 0 Å². The third kappa shape index (κ3) is 4.12. The van der Waals surface area contributed by atoms with Crippen LogP contribution in [0, 0.1) is 0 Å². The number of methoxy groups -OCH3 is 1. The van der Waals surface area contributed by atoms with Crippen LogP contribution in [0.4, 0.5) is 0 Å². The summed E-state index contributed by atoms with van der Waals surface area (Å²) in [6.07, 6.45) is 0. The fourth-order valence-electron chi connectivity index (χ4n) is 1.44. The Balaban J connectivity index is 2.01. The van der Waals surface area contributed by atoms with E-state index in [-0.39, 0.29) is 0 Å². The van der Waals surface area contributed by atoms with Gasteiger partial charge in [0.05, 0.1) is 16.7 Å². The van der Waals surface area contributed by atoms with Gasteiger partial charge in [-0.05, 0) is 12.1 Å². The lowest BCUT2D eigenvalue weighted by atomic mass is 10.2. The molecule has 0 spiro atoms. The summed E-state index contributed by atoms with van der Waals surface area (Å²) in [7, 11) is 1.68. The van der Waals surface area contributed by atoms with Crippen LogP contribution in [0.15, 0.2) is 18.2 Å². The Morgan fingerprint density at radius 1 is 1.26 bits per heavy atom. The SMILES string of the molecule is COCCNCc1nnc(-c2ccc(Cl)c(Cl)c2)s1. The topological polar surface area (TPSA) is 47.0 Å². The molecule has 1 aromatic heterocycles. The van der Waals surface area contributed by atoms with E-state index in [1.165, 1.54) is 11.3 Å². The zero-order chi connectivity index (χ0) is 13.7. The Bertz CT molecular complexity index is 548. The van der Waals surface area contributed by atoms with Gasteiger partial charge in [-0.15, -0.1) is 10.2 Å². The van der Waals surface area contributed by atoms with Gasteiger partial charge in [0.25, 0.3) is 0 Å². The Morgan fingerprint density at radius 2 is 2.11 bits per heavy atom. The molecule has 2 aromatic rings. The molecule has 1 aromatic carbocycles. The van der Waals surface area contributed by atoms with Gasteiger partial charge in [0.15, 0.2) is 0 Å². The molecule has 1 N–H and O–H groups in total. The van der Waals surface area contributed by atoms with Crippen LogP contribution in [-0.4, -0.2) is 30.5 Å². The summed E-state index contributed by atoms with van der Waals surface area (Å²) < 4.78 is 4.96. The van der Waals surface area contributed by atoms with E-state index in [0.717, 1.165) is 22.1 Å². The number of nitrogens with zero attached hydrogens (tertiary/aromatic N) is 2. The van der Waals surface area contributed by atoms with E-state index in [2.05, 4.69) is 15.5 Å². The Labute approximate surface area is 125 Å². The van der Waals surface area contributed by atoms with E-state index in [1.807, 2.05) is 6.07 Å². The molecule has 0 aliphatic carbocycles. The van der Waals surface area contributed by atoms with Crippen molar-refractivity contribution in [1.82, 2.24) is 15.5 Å². The van der Waals surface area contributed by atoms with E-state index in [1.54, 1.807) is 19.2 Å². The van der Waals surface area contributed by atoms with Gasteiger partial charge in [0, 0.05) is 25.8 Å². The minimum absolute atomic E-state index is 0.522. The second-order valence-corrected chi connectivity index (χ2v) is 5.68. The Hall–Kier alpha value is -0.720. The molecule has 0 unspecified atom stereocenters. The van der Waals surface area contributed by atoms with Gasteiger partial charge < -0.3 is 10.1 Å². The van der Waals surface area contributed by atoms with Crippen molar-refractivity contribution in [2.45, 2.75) is 6.54 Å². The average molecular weight is 318 g/mol. The van der Waals surface area contributed by atoms with E-state index >= 15 is 0 Å². The van der Waals surface area contributed by atoms with Crippen LogP contribution in [-0.2, 0) is 11.3 Å². The highest BCUT2D eigenvalue weighted by atomic mass is 35.5. The standard InChI is InChI=1S/C12H13Cl2N3OS/c1-18-5-4-15-7-11-16-17-12(19-11)8-2-3-9(13)10(14)6-8/h2-3,6,15H,4-5,7H2,1H3. The van der Waals surface area contributed by atoms with Crippen molar-refractivity contribution in [2.24, 2.45) is 0 Å². The smallest absolute Gasteiger partial charge is 0.147 e. The zero-order valence-corrected chi connectivity index (χ0v) is 12.6. The summed E-state index contributed by atoms with van der Waals surface area (Å²) >= 11 is 13.4. The molecule has 0 radical (unpaired) electrons. The number of halogens is 2. The van der Waals surface area contributed by atoms with Crippen LogP contribution in [0.1, 0.15) is 5.01 Å². The Morgan fingerprint density at radius 3 is 2.84 bits per heavy atom. The molecule has 0 fully saturated rings. The number of ether oxygens (including phenoxy) is 1. The third-order valence-electron chi connectivity index (χ3n) is 2.39. The Kier molecular flexibility index (Phi) is 5.54. The summed E-state index contributed by atoms with van der Waals surface area (Å²) in [5, 5.41) is 14.3. The summed E-state index contributed by atoms with van der Waals surface area (Å²) in [5.41, 5.74) is 0.926. The van der Waals surface area contributed by atoms with Crippen molar-refractivity contribution < 1.29 is 4.74 Å². The quantitative estimate of drug-likeness (QED) is 0.831. The molecule has 2 rings (SSSR count). The van der Waals surface area contributed by atoms with Crippen molar-refractivity contribution in [2.75, 3.05) is 20.3 Å². The van der Waals surface area contributed by atoms with Crippen LogP contribution >= 0.6 is 34.5 Å². The number of aromatic nitrogens is 2. The number of hydrogen-bond acceptors (Lipinski definition) is 5. The largest absolute Gasteiger partial charge is 0.383 e. The maximum atomic E-state index is 5.99. The maximum Gasteiger partial charge on any atom is 0.147 e. The summed E-state index contributed by atoms with van der Waals surface area (Å²) in [4.78, 5) is 0. The van der Waals surface area contributed by atoms with Gasteiger partial charge in [-0.3, -0.25) is 0 Å². The van der Waals surface area contributed by atoms with Crippen LogP contribution in [0.3, 0.4) is 0 Å². The van der Waals surface area contributed by atoms with Crippen LogP contribution in [0.5, 0.6) is 0 Å². The monoisotopic (exact) mass is 317 g/mol. The molecule has 0 aliphatic rings. The minimum atomic E-state index is 0.522. The molecule has 102 valence electrons. The second-order valence-electron chi connectivity index (χ2n) is 3.80. The first kappa shape index (κ1) is 14.7. The van der Waals surface area contributed by atoms with E-state index in [0.29, 0.717) is 23.2 Å². The highest BCUT2D eigenvalue weighted by Gasteiger charge is 2.08. The fraction of sp³-hybridized carbons (Fsp3) is 0.333. The third-order valence-corrected chi connectivity index (χ3v) is 4.10. The summed E-state index contributed by atoms with van der Waals surface area (Å²) in [6, 6.07) is 5.44. The molecule has 0 atom stereocenters. The van der Waals surface area contributed by atoms with Crippen molar-refractivity contribution in [3.05, 3.63) is 33.3 Å². The summed E-state index contributed by atoms with van der Waals surface area (Å²) in [6.45, 7) is 2.15. The van der Waals surface area contributed by atoms with Crippen molar-refractivity contribution in [3.63, 3.8) is 0 Å². The van der Waals surface area contributed by atoms with Gasteiger partial charge in [0.1, 0.15) is 10.0 Å². The lowest BCUT2D eigenvalue weighted by molar-refractivity contribution is 0.199. The predicted molar refractivity (Wildman–Crippen MR) is 78.9 cm³/mol. The lowest BCUT2D eigenvalue weighted by Gasteiger charge is -1.99. The molecule has 0 saturated heterocycles. The lowest BCUT2D eigenvalue weighted by Crippen LogP contribution is -2.18. The molecule has 7 heteroatoms. The van der Waals surface area contributed by atoms with Gasteiger partial charge in [-0.1, -0.05) is 40.6 Å². The van der Waals surface area contributed by atoms with E-state index < -0.39 is 0 Å². The number of rotatable bonds is 6. The van der Waals surface area contributed by atoms with Gasteiger partial charge in [-0.2, -0.15) is 0 Å². The van der Waals surface area contributed by atoms with Crippen LogP contribution in [0.2, 0.25) is 10.0 Å². The molecule has 19 heavy (non-hydrogen) atoms. The molecule has 4 nitrogen and oxygen atoms in total. The van der Waals surface area contributed by atoms with Crippen molar-refractivity contribution in [3.8, 4) is 10.6 Å². The van der Waals surface area contributed by atoms with E-state index in [9.17, 15) is 0 Å². The fourth-order valence-corrected chi connectivity index (χ4v) is 2.54. The first-order chi connectivity index (χ1) is 9.20. The molecule has 0 bridgehead atoms. The predicted octanol–water partition coefficient (Wildman–Crippen LogP) is 3.25. The summed E-state index contributed by atoms with van der Waals surface area (Å²) in [5.74, 6) is 0. The molecule has 0 saturated carbocycles. The number of hydrogen-bond donors (Lipinski definition) is 1. The van der Waals surface area contributed by atoms with Crippen molar-refractivity contribution >= 4 is 34.5 Å². The molecule has 0 amide bonds. The average Bonchev–Trinajstić information content (AvgIpc) is 2.87. The van der Waals surface area contributed by atoms with Crippen LogP contribution in [0.25, 0.3) is 10.6 Å². The first-order valence-corrected chi connectivity index (χ1v) is 7.25. The number of benzene rings is 1. The molecule has 0 aliphatic heterocycles. The van der Waals surface area contributed by atoms with Gasteiger partial charge in [-0.25, -0.2) is 0 Å². The van der Waals surface area contributed by atoms with Gasteiger partial charge in [0.2, 0.25) is 0 Å². The molecular weight excluding hydrogens is 305 g/mol. The molecular formula is C12H13Cl2N3OS. The zero-order valence-electron chi connectivity index (χ0n) is 10.3. The van der Waals surface area contributed by atoms with E-state index in [4.69, 9.17) is 27.9 Å². The number of nitrogens with one attached hydrogen (secondary N) is 1. The normalized spacial score (nSPS) is 10.9. The highest BCUT2D eigenvalue weighted by molar-refractivity contribution is 7.14. The minimum Gasteiger partial charge on any atom is -0.383 e. The first-order valence-electron chi connectivity index (χ1n) is 5.68.